The van der Waals surface area contributed by atoms with E-state index in [1.807, 2.05) is 25.1 Å². The van der Waals surface area contributed by atoms with E-state index in [1.165, 1.54) is 0 Å². The monoisotopic (exact) mass is 329 g/mol. The normalized spacial score (nSPS) is 17.5. The minimum Gasteiger partial charge on any atom is -0.345 e. The summed E-state index contributed by atoms with van der Waals surface area (Å²) in [5.74, 6) is 1.08. The van der Waals surface area contributed by atoms with E-state index in [2.05, 4.69) is 15.3 Å². The van der Waals surface area contributed by atoms with Crippen molar-refractivity contribution in [1.82, 2.24) is 25.1 Å². The van der Waals surface area contributed by atoms with Crippen molar-refractivity contribution in [3.63, 3.8) is 0 Å². The van der Waals surface area contributed by atoms with E-state index in [0.717, 1.165) is 22.4 Å². The summed E-state index contributed by atoms with van der Waals surface area (Å²) < 4.78 is 0. The Kier molecular flexibility index (Phi) is 4.42. The zero-order valence-electron chi connectivity index (χ0n) is 14.3. The molecule has 2 aromatic rings. The number of nitrogens with zero attached hydrogens (tertiary/aromatic N) is 3. The smallest absolute Gasteiger partial charge is 0.317 e. The lowest BCUT2D eigenvalue weighted by atomic mass is 10.1. The average molecular weight is 329 g/mol. The van der Waals surface area contributed by atoms with Crippen molar-refractivity contribution in [2.24, 2.45) is 5.92 Å². The third kappa shape index (κ3) is 3.34. The lowest BCUT2D eigenvalue weighted by Crippen LogP contribution is -2.40. The Bertz CT molecular complexity index is 769. The fourth-order valence-electron chi connectivity index (χ4n) is 3.15. The number of para-hydroxylation sites is 1. The number of imidazole rings is 1. The molecule has 1 aromatic carbocycles. The lowest BCUT2D eigenvalue weighted by molar-refractivity contribution is -0.126. The standard InChI is InChI=1S/C17H23N5O2/c1-11-5-4-6-13-16(11)20-14(19-13)8-18-17(24)22(3)10-12-7-15(23)21(2)9-12/h4-6,12H,7-10H2,1-3H3,(H,18,24)(H,19,20)/t12-/m0/s1. The van der Waals surface area contributed by atoms with Crippen LogP contribution in [-0.2, 0) is 11.3 Å². The van der Waals surface area contributed by atoms with Crippen LogP contribution < -0.4 is 5.32 Å². The van der Waals surface area contributed by atoms with Crippen molar-refractivity contribution in [3.05, 3.63) is 29.6 Å². The number of likely N-dealkylation sites (tertiary alicyclic amines) is 1. The predicted molar refractivity (Wildman–Crippen MR) is 91.4 cm³/mol. The Labute approximate surface area is 141 Å². The summed E-state index contributed by atoms with van der Waals surface area (Å²) in [5, 5.41) is 2.87. The fourth-order valence-corrected chi connectivity index (χ4v) is 3.15. The second-order valence-corrected chi connectivity index (χ2v) is 6.54. The van der Waals surface area contributed by atoms with Gasteiger partial charge in [0.25, 0.3) is 0 Å². The molecule has 0 bridgehead atoms. The van der Waals surface area contributed by atoms with Crippen LogP contribution in [0.25, 0.3) is 11.0 Å². The maximum absolute atomic E-state index is 12.2. The summed E-state index contributed by atoms with van der Waals surface area (Å²) >= 11 is 0. The molecule has 3 amide bonds. The molecule has 24 heavy (non-hydrogen) atoms. The van der Waals surface area contributed by atoms with Crippen LogP contribution >= 0.6 is 0 Å². The van der Waals surface area contributed by atoms with Gasteiger partial charge in [-0.3, -0.25) is 4.79 Å². The molecule has 0 unspecified atom stereocenters. The highest BCUT2D eigenvalue weighted by Gasteiger charge is 2.28. The Morgan fingerprint density at radius 2 is 2.29 bits per heavy atom. The molecule has 0 radical (unpaired) electrons. The predicted octanol–water partition coefficient (Wildman–Crippen LogP) is 1.49. The molecule has 3 rings (SSSR count). The number of carbonyl (C=O) groups is 2. The van der Waals surface area contributed by atoms with Gasteiger partial charge in [-0.2, -0.15) is 0 Å². The van der Waals surface area contributed by atoms with Crippen molar-refractivity contribution in [1.29, 1.82) is 0 Å². The maximum atomic E-state index is 12.2. The van der Waals surface area contributed by atoms with Gasteiger partial charge in [0.2, 0.25) is 5.91 Å². The number of hydrogen-bond donors (Lipinski definition) is 2. The second kappa shape index (κ2) is 6.51. The van der Waals surface area contributed by atoms with Gasteiger partial charge in [-0.25, -0.2) is 9.78 Å². The van der Waals surface area contributed by atoms with E-state index >= 15 is 0 Å². The number of urea groups is 1. The van der Waals surface area contributed by atoms with Gasteiger partial charge in [-0.15, -0.1) is 0 Å². The molecular formula is C17H23N5O2. The number of carbonyl (C=O) groups excluding carboxylic acids is 2. The quantitative estimate of drug-likeness (QED) is 0.892. The SMILES string of the molecule is Cc1cccc2[nH]c(CNC(=O)N(C)C[C@H]3CC(=O)N(C)C3)nc12. The van der Waals surface area contributed by atoms with Gasteiger partial charge in [-0.05, 0) is 18.6 Å². The van der Waals surface area contributed by atoms with Crippen LogP contribution in [-0.4, -0.2) is 58.9 Å². The van der Waals surface area contributed by atoms with Crippen molar-refractivity contribution in [3.8, 4) is 0 Å². The molecule has 2 N–H and O–H groups in total. The summed E-state index contributed by atoms with van der Waals surface area (Å²) in [6.07, 6.45) is 0.511. The molecule has 1 aliphatic rings. The van der Waals surface area contributed by atoms with Gasteiger partial charge in [0.05, 0.1) is 17.6 Å². The number of fused-ring (bicyclic) bond motifs is 1. The van der Waals surface area contributed by atoms with Crippen LogP contribution in [0, 0.1) is 12.8 Å². The number of aryl methyl sites for hydroxylation is 1. The fraction of sp³-hybridized carbons (Fsp3) is 0.471. The molecule has 2 heterocycles. The molecule has 1 fully saturated rings. The summed E-state index contributed by atoms with van der Waals surface area (Å²) in [5.41, 5.74) is 3.01. The number of H-pyrrole nitrogens is 1. The number of hydrogen-bond acceptors (Lipinski definition) is 3. The minimum atomic E-state index is -0.158. The van der Waals surface area contributed by atoms with Gasteiger partial charge in [0.1, 0.15) is 5.82 Å². The summed E-state index contributed by atoms with van der Waals surface area (Å²) in [7, 11) is 3.55. The van der Waals surface area contributed by atoms with Gasteiger partial charge in [0.15, 0.2) is 0 Å². The largest absolute Gasteiger partial charge is 0.345 e. The zero-order valence-corrected chi connectivity index (χ0v) is 14.3. The molecule has 0 aliphatic carbocycles. The molecule has 1 aliphatic heterocycles. The van der Waals surface area contributed by atoms with Crippen LogP contribution in [0.3, 0.4) is 0 Å². The molecule has 1 aromatic heterocycles. The van der Waals surface area contributed by atoms with Crippen LogP contribution in [0.15, 0.2) is 18.2 Å². The van der Waals surface area contributed by atoms with Gasteiger partial charge in [0, 0.05) is 39.5 Å². The lowest BCUT2D eigenvalue weighted by Gasteiger charge is -2.21. The first-order valence-electron chi connectivity index (χ1n) is 8.11. The highest BCUT2D eigenvalue weighted by atomic mass is 16.2. The first kappa shape index (κ1) is 16.3. The number of aromatic amines is 1. The Hall–Kier alpha value is -2.57. The van der Waals surface area contributed by atoms with Crippen molar-refractivity contribution in [2.45, 2.75) is 19.9 Å². The topological polar surface area (TPSA) is 81.3 Å². The van der Waals surface area contributed by atoms with Gasteiger partial charge < -0.3 is 20.1 Å². The maximum Gasteiger partial charge on any atom is 0.317 e. The molecule has 1 atom stereocenters. The molecule has 1 saturated heterocycles. The summed E-state index contributed by atoms with van der Waals surface area (Å²) in [4.78, 5) is 34.9. The molecule has 128 valence electrons. The highest BCUT2D eigenvalue weighted by Crippen LogP contribution is 2.17. The number of nitrogens with one attached hydrogen (secondary N) is 2. The zero-order chi connectivity index (χ0) is 17.3. The van der Waals surface area contributed by atoms with E-state index in [0.29, 0.717) is 26.1 Å². The third-order valence-electron chi connectivity index (χ3n) is 4.47. The molecule has 7 heteroatoms. The summed E-state index contributed by atoms with van der Waals surface area (Å²) in [6.45, 7) is 3.64. The number of aromatic nitrogens is 2. The third-order valence-corrected chi connectivity index (χ3v) is 4.47. The number of rotatable bonds is 4. The Balaban J connectivity index is 1.54. The van der Waals surface area contributed by atoms with E-state index < -0.39 is 0 Å². The molecule has 0 saturated carbocycles. The highest BCUT2D eigenvalue weighted by molar-refractivity contribution is 5.79. The Morgan fingerprint density at radius 3 is 2.96 bits per heavy atom. The van der Waals surface area contributed by atoms with Crippen molar-refractivity contribution < 1.29 is 9.59 Å². The minimum absolute atomic E-state index is 0.145. The van der Waals surface area contributed by atoms with E-state index in [1.54, 1.807) is 23.9 Å². The van der Waals surface area contributed by atoms with Crippen LogP contribution in [0.2, 0.25) is 0 Å². The van der Waals surface area contributed by atoms with E-state index in [4.69, 9.17) is 0 Å². The van der Waals surface area contributed by atoms with Crippen LogP contribution in [0.4, 0.5) is 4.79 Å². The van der Waals surface area contributed by atoms with Crippen molar-refractivity contribution >= 4 is 23.0 Å². The molecular weight excluding hydrogens is 306 g/mol. The number of benzene rings is 1. The van der Waals surface area contributed by atoms with Gasteiger partial charge >= 0.3 is 6.03 Å². The van der Waals surface area contributed by atoms with Gasteiger partial charge in [-0.1, -0.05) is 12.1 Å². The summed E-state index contributed by atoms with van der Waals surface area (Å²) in [6, 6.07) is 5.81. The first-order chi connectivity index (χ1) is 11.4. The number of amides is 3. The van der Waals surface area contributed by atoms with Crippen LogP contribution in [0.5, 0.6) is 0 Å². The van der Waals surface area contributed by atoms with Crippen LogP contribution in [0.1, 0.15) is 17.8 Å². The first-order valence-corrected chi connectivity index (χ1v) is 8.11. The van der Waals surface area contributed by atoms with Crippen molar-refractivity contribution in [2.75, 3.05) is 27.2 Å². The Morgan fingerprint density at radius 1 is 1.50 bits per heavy atom. The van der Waals surface area contributed by atoms with E-state index in [9.17, 15) is 9.59 Å². The second-order valence-electron chi connectivity index (χ2n) is 6.54. The average Bonchev–Trinajstić information content (AvgIpc) is 3.09. The molecule has 0 spiro atoms. The van der Waals surface area contributed by atoms with E-state index in [-0.39, 0.29) is 17.9 Å². The molecule has 7 nitrogen and oxygen atoms in total.